The second-order valence-corrected chi connectivity index (χ2v) is 18.8. The molecule has 2 fully saturated rings. The molecule has 2 saturated heterocycles. The van der Waals surface area contributed by atoms with Crippen molar-refractivity contribution in [1.82, 2.24) is 49.7 Å². The van der Waals surface area contributed by atoms with Gasteiger partial charge in [-0.05, 0) is 109 Å². The zero-order valence-electron chi connectivity index (χ0n) is 40.0. The van der Waals surface area contributed by atoms with Crippen LogP contribution >= 0.6 is 0 Å². The summed E-state index contributed by atoms with van der Waals surface area (Å²) in [6, 6.07) is 19.4. The Morgan fingerprint density at radius 3 is 1.60 bits per heavy atom. The molecule has 10 rings (SSSR count). The number of hydrogen-bond acceptors (Lipinski definition) is 14. The lowest BCUT2D eigenvalue weighted by Gasteiger charge is -2.28. The van der Waals surface area contributed by atoms with E-state index in [1.165, 1.54) is 32.8 Å². The van der Waals surface area contributed by atoms with Gasteiger partial charge in [-0.15, -0.1) is 20.4 Å². The molecule has 6 aromatic heterocycles. The molecule has 0 atom stereocenters. The van der Waals surface area contributed by atoms with E-state index in [0.717, 1.165) is 20.7 Å². The van der Waals surface area contributed by atoms with Gasteiger partial charge in [0.15, 0.2) is 0 Å². The number of urea groups is 2. The van der Waals surface area contributed by atoms with Crippen molar-refractivity contribution in [3.8, 4) is 22.9 Å². The number of carbonyl (C=O) groups is 5. The lowest BCUT2D eigenvalue weighted by atomic mass is 10.0. The number of alkyl halides is 4. The molecular formula is C49H44F4N12O8. The summed E-state index contributed by atoms with van der Waals surface area (Å²) in [5, 5.41) is 15.2. The summed E-state index contributed by atoms with van der Waals surface area (Å²) in [4.78, 5) is 83.1. The summed E-state index contributed by atoms with van der Waals surface area (Å²) >= 11 is 0. The maximum Gasteiger partial charge on any atom is 0.418 e. The van der Waals surface area contributed by atoms with Gasteiger partial charge >= 0.3 is 31.0 Å². The summed E-state index contributed by atoms with van der Waals surface area (Å²) in [6.07, 6.45) is -0.277. The maximum absolute atomic E-state index is 13.7. The van der Waals surface area contributed by atoms with E-state index in [-0.39, 0.29) is 30.8 Å². The van der Waals surface area contributed by atoms with Crippen LogP contribution in [0.3, 0.4) is 0 Å². The van der Waals surface area contributed by atoms with Crippen molar-refractivity contribution in [3.05, 3.63) is 121 Å². The van der Waals surface area contributed by atoms with Crippen molar-refractivity contribution in [2.24, 2.45) is 0 Å². The van der Waals surface area contributed by atoms with Gasteiger partial charge in [-0.2, -0.15) is 17.6 Å². The van der Waals surface area contributed by atoms with Gasteiger partial charge in [0, 0.05) is 41.1 Å². The van der Waals surface area contributed by atoms with E-state index in [2.05, 4.69) is 35.3 Å². The van der Waals surface area contributed by atoms with Crippen molar-refractivity contribution in [3.63, 3.8) is 0 Å². The lowest BCUT2D eigenvalue weighted by Crippen LogP contribution is -2.44. The first-order valence-electron chi connectivity index (χ1n) is 22.4. The average Bonchev–Trinajstić information content (AvgIpc) is 4.21. The smallest absolute Gasteiger partial charge is 0.418 e. The Labute approximate surface area is 411 Å². The number of imide groups is 2. The number of pyridine rings is 2. The molecule has 0 spiro atoms. The number of aromatic amines is 1. The topological polar surface area (TPSA) is 232 Å². The third kappa shape index (κ3) is 9.10. The molecule has 0 saturated carbocycles. The Kier molecular flexibility index (Phi) is 12.4. The number of halogens is 4. The molecule has 6 amide bonds. The van der Waals surface area contributed by atoms with Crippen molar-refractivity contribution in [1.29, 1.82) is 0 Å². The predicted octanol–water partition coefficient (Wildman–Crippen LogP) is 9.85. The SMILES string of the molecule is CC(C)(C)OC(=O)n1ccc2c(N3C(=O)N(Cc4ccc(-c5nnc(C(F)F)o5)cn4)C(=O)C3(C)C)cccc21.CC1(C)C(=O)N(Cc2ccc(-c3nnc(C(F)F)o3)cn2)C(=O)N1c1cccc2[nH]ccc12. The molecule has 1 N–H and O–H groups in total. The van der Waals surface area contributed by atoms with E-state index in [1.54, 1.807) is 109 Å². The van der Waals surface area contributed by atoms with Gasteiger partial charge < -0.3 is 18.6 Å². The zero-order chi connectivity index (χ0) is 52.3. The average molecular weight is 1000 g/mol. The van der Waals surface area contributed by atoms with Crippen LogP contribution in [0.2, 0.25) is 0 Å². The number of benzene rings is 2. The first-order valence-corrected chi connectivity index (χ1v) is 22.4. The van der Waals surface area contributed by atoms with Crippen molar-refractivity contribution in [2.75, 3.05) is 9.80 Å². The van der Waals surface area contributed by atoms with E-state index in [9.17, 15) is 41.5 Å². The fraction of sp³-hybridized carbons (Fsp3) is 0.286. The highest BCUT2D eigenvalue weighted by Gasteiger charge is 2.53. The van der Waals surface area contributed by atoms with Gasteiger partial charge in [0.2, 0.25) is 11.8 Å². The molecule has 0 radical (unpaired) electrons. The minimum absolute atomic E-state index is 0.0485. The number of hydrogen-bond donors (Lipinski definition) is 1. The van der Waals surface area contributed by atoms with Crippen LogP contribution in [0, 0.1) is 0 Å². The number of ether oxygens (including phenoxy) is 1. The minimum Gasteiger partial charge on any atom is -0.443 e. The molecule has 20 nitrogen and oxygen atoms in total. The van der Waals surface area contributed by atoms with Crippen LogP contribution in [0.15, 0.2) is 106 Å². The Morgan fingerprint density at radius 2 is 1.15 bits per heavy atom. The van der Waals surface area contributed by atoms with Gasteiger partial charge in [-0.3, -0.25) is 43.7 Å². The fourth-order valence-corrected chi connectivity index (χ4v) is 8.40. The van der Waals surface area contributed by atoms with Crippen LogP contribution in [-0.2, 0) is 27.4 Å². The highest BCUT2D eigenvalue weighted by Crippen LogP contribution is 2.40. The third-order valence-corrected chi connectivity index (χ3v) is 11.9. The first-order chi connectivity index (χ1) is 34.5. The van der Waals surface area contributed by atoms with Crippen LogP contribution in [0.5, 0.6) is 0 Å². The normalized spacial score (nSPS) is 15.7. The molecule has 2 aliphatic heterocycles. The van der Waals surface area contributed by atoms with E-state index in [4.69, 9.17) is 13.6 Å². The number of anilines is 2. The Balaban J connectivity index is 0.000000183. The van der Waals surface area contributed by atoms with Crippen molar-refractivity contribution in [2.45, 2.75) is 91.1 Å². The molecule has 0 unspecified atom stereocenters. The standard InChI is InChI=1S/C27H26F2N6O5.C22H18F2N6O3/c1-26(2,3)40-25(38)33-12-11-17-18(33)7-6-8-19(17)35-24(37)34(23(36)27(35,4)5)14-16-10-9-15(13-30-16)21-31-32-22(39-21)20(28)29;1-22(2)20(31)29(21(32)30(22)16-5-3-4-15-14(16)8-9-25-15)11-13-7-6-12(10-26-13)18-27-28-19(33-18)17(23)24/h6-13,20H,14H2,1-5H3;3-10,17,25H,11H2,1-2H3. The number of rotatable bonds is 10. The quantitative estimate of drug-likeness (QED) is 0.0993. The Morgan fingerprint density at radius 1 is 0.658 bits per heavy atom. The van der Waals surface area contributed by atoms with Crippen LogP contribution in [-0.4, -0.2) is 96.4 Å². The Bertz CT molecular complexity index is 3430. The largest absolute Gasteiger partial charge is 0.443 e. The van der Waals surface area contributed by atoms with Crippen molar-refractivity contribution >= 4 is 63.2 Å². The highest BCUT2D eigenvalue weighted by atomic mass is 19.3. The molecule has 73 heavy (non-hydrogen) atoms. The number of amides is 6. The summed E-state index contributed by atoms with van der Waals surface area (Å²) < 4.78 is 67.5. The molecule has 2 aliphatic rings. The van der Waals surface area contributed by atoms with Crippen LogP contribution < -0.4 is 9.80 Å². The molecule has 0 aliphatic carbocycles. The minimum atomic E-state index is -2.89. The zero-order valence-corrected chi connectivity index (χ0v) is 40.0. The molecule has 8 aromatic rings. The van der Waals surface area contributed by atoms with Crippen LogP contribution in [0.1, 0.15) is 84.5 Å². The van der Waals surface area contributed by atoms with Gasteiger partial charge in [-0.1, -0.05) is 12.1 Å². The second-order valence-electron chi connectivity index (χ2n) is 18.8. The summed E-state index contributed by atoms with van der Waals surface area (Å²) in [5.41, 5.74) is 0.907. The number of nitrogens with zero attached hydrogens (tertiary/aromatic N) is 11. The third-order valence-electron chi connectivity index (χ3n) is 11.9. The molecule has 24 heteroatoms. The number of fused-ring (bicyclic) bond motifs is 2. The predicted molar refractivity (Wildman–Crippen MR) is 252 cm³/mol. The van der Waals surface area contributed by atoms with E-state index in [1.807, 2.05) is 18.2 Å². The van der Waals surface area contributed by atoms with Crippen LogP contribution in [0.25, 0.3) is 44.7 Å². The monoisotopic (exact) mass is 1000 g/mol. The number of nitrogens with one attached hydrogen (secondary N) is 1. The Hall–Kier alpha value is -8.83. The molecule has 2 aromatic carbocycles. The van der Waals surface area contributed by atoms with E-state index >= 15 is 0 Å². The number of carbonyl (C=O) groups excluding carboxylic acids is 5. The second kappa shape index (κ2) is 18.4. The summed E-state index contributed by atoms with van der Waals surface area (Å²) in [5.74, 6) is -2.59. The van der Waals surface area contributed by atoms with Gasteiger partial charge in [0.25, 0.3) is 23.6 Å². The summed E-state index contributed by atoms with van der Waals surface area (Å²) in [6.45, 7) is 11.8. The van der Waals surface area contributed by atoms with Crippen molar-refractivity contribution < 1.29 is 55.1 Å². The van der Waals surface area contributed by atoms with Gasteiger partial charge in [-0.25, -0.2) is 14.4 Å². The lowest BCUT2D eigenvalue weighted by molar-refractivity contribution is -0.131. The molecule has 376 valence electrons. The van der Waals surface area contributed by atoms with E-state index in [0.29, 0.717) is 44.8 Å². The fourth-order valence-electron chi connectivity index (χ4n) is 8.40. The summed E-state index contributed by atoms with van der Waals surface area (Å²) in [7, 11) is 0. The number of H-pyrrole nitrogens is 1. The van der Waals surface area contributed by atoms with Gasteiger partial charge in [0.05, 0.1) is 52.5 Å². The van der Waals surface area contributed by atoms with Gasteiger partial charge in [0.1, 0.15) is 16.7 Å². The maximum atomic E-state index is 13.7. The molecule has 0 bridgehead atoms. The number of aromatic nitrogens is 8. The van der Waals surface area contributed by atoms with E-state index < -0.39 is 65.4 Å². The molecule has 8 heterocycles. The molecular weight excluding hydrogens is 961 g/mol. The van der Waals surface area contributed by atoms with Crippen LogP contribution in [0.4, 0.5) is 43.3 Å². The highest BCUT2D eigenvalue weighted by molar-refractivity contribution is 6.20. The first kappa shape index (κ1) is 49.2.